The number of rotatable bonds is 7. The first-order valence-corrected chi connectivity index (χ1v) is 6.83. The van der Waals surface area contributed by atoms with E-state index in [1.165, 1.54) is 0 Å². The molecule has 0 saturated heterocycles. The maximum absolute atomic E-state index is 9.63. The Hall–Kier alpha value is -2.01. The first-order valence-electron chi connectivity index (χ1n) is 6.83. The molecule has 0 spiro atoms. The van der Waals surface area contributed by atoms with Gasteiger partial charge in [-0.3, -0.25) is 4.68 Å². The van der Waals surface area contributed by atoms with Gasteiger partial charge in [0.1, 0.15) is 0 Å². The third-order valence-corrected chi connectivity index (χ3v) is 2.98. The Kier molecular flexibility index (Phi) is 5.01. The van der Waals surface area contributed by atoms with E-state index in [9.17, 15) is 5.11 Å². The molecule has 1 aromatic heterocycles. The number of aromatic hydroxyl groups is 1. The summed E-state index contributed by atoms with van der Waals surface area (Å²) in [5, 5.41) is 17.3. The van der Waals surface area contributed by atoms with Crippen LogP contribution < -0.4 is 10.1 Å². The Bertz CT molecular complexity index is 552. The van der Waals surface area contributed by atoms with Crippen molar-refractivity contribution in [1.82, 2.24) is 15.1 Å². The zero-order valence-corrected chi connectivity index (χ0v) is 12.0. The molecule has 0 radical (unpaired) electrons. The second-order valence-electron chi connectivity index (χ2n) is 4.64. The van der Waals surface area contributed by atoms with Crippen LogP contribution in [0.2, 0.25) is 0 Å². The third kappa shape index (κ3) is 3.99. The van der Waals surface area contributed by atoms with E-state index in [2.05, 4.69) is 10.4 Å². The number of ether oxygens (including phenoxy) is 1. The van der Waals surface area contributed by atoms with Gasteiger partial charge >= 0.3 is 0 Å². The molecule has 0 aliphatic heterocycles. The zero-order valence-electron chi connectivity index (χ0n) is 12.0. The number of hydrogen-bond donors (Lipinski definition) is 2. The van der Waals surface area contributed by atoms with Gasteiger partial charge < -0.3 is 15.2 Å². The summed E-state index contributed by atoms with van der Waals surface area (Å²) in [5.41, 5.74) is 2.17. The molecular weight excluding hydrogens is 254 g/mol. The lowest BCUT2D eigenvalue weighted by atomic mass is 10.2. The van der Waals surface area contributed by atoms with Crippen LogP contribution in [0, 0.1) is 0 Å². The van der Waals surface area contributed by atoms with Crippen molar-refractivity contribution in [3.05, 3.63) is 41.7 Å². The maximum atomic E-state index is 9.63. The molecule has 0 bridgehead atoms. The van der Waals surface area contributed by atoms with E-state index in [1.807, 2.05) is 43.0 Å². The largest absolute Gasteiger partial charge is 0.504 e. The van der Waals surface area contributed by atoms with E-state index in [-0.39, 0.29) is 5.75 Å². The molecule has 2 aromatic rings. The fourth-order valence-corrected chi connectivity index (χ4v) is 1.99. The molecule has 0 amide bonds. The second kappa shape index (κ2) is 6.96. The third-order valence-electron chi connectivity index (χ3n) is 2.98. The highest BCUT2D eigenvalue weighted by Gasteiger charge is 2.03. The highest BCUT2D eigenvalue weighted by atomic mass is 16.5. The molecule has 0 aliphatic carbocycles. The van der Waals surface area contributed by atoms with Crippen molar-refractivity contribution in [2.24, 2.45) is 7.05 Å². The van der Waals surface area contributed by atoms with Crippen molar-refractivity contribution in [3.8, 4) is 11.5 Å². The van der Waals surface area contributed by atoms with Gasteiger partial charge in [0.2, 0.25) is 0 Å². The van der Waals surface area contributed by atoms with E-state index in [1.54, 1.807) is 6.07 Å². The minimum absolute atomic E-state index is 0.184. The van der Waals surface area contributed by atoms with Gasteiger partial charge in [0, 0.05) is 32.8 Å². The highest BCUT2D eigenvalue weighted by molar-refractivity contribution is 5.41. The van der Waals surface area contributed by atoms with Crippen LogP contribution in [-0.2, 0) is 20.0 Å². The van der Waals surface area contributed by atoms with Crippen molar-refractivity contribution < 1.29 is 9.84 Å². The minimum Gasteiger partial charge on any atom is -0.504 e. The van der Waals surface area contributed by atoms with E-state index < -0.39 is 0 Å². The summed E-state index contributed by atoms with van der Waals surface area (Å²) < 4.78 is 7.17. The molecule has 5 heteroatoms. The highest BCUT2D eigenvalue weighted by Crippen LogP contribution is 2.26. The lowest BCUT2D eigenvalue weighted by Gasteiger charge is -2.09. The smallest absolute Gasteiger partial charge is 0.161 e. The quantitative estimate of drug-likeness (QED) is 0.757. The van der Waals surface area contributed by atoms with E-state index in [0.717, 1.165) is 30.8 Å². The van der Waals surface area contributed by atoms with Crippen molar-refractivity contribution >= 4 is 0 Å². The normalized spacial score (nSPS) is 10.7. The Morgan fingerprint density at radius 3 is 2.90 bits per heavy atom. The molecule has 0 unspecified atom stereocenters. The van der Waals surface area contributed by atoms with Crippen LogP contribution in [0.3, 0.4) is 0 Å². The lowest BCUT2D eigenvalue weighted by molar-refractivity contribution is 0.317. The van der Waals surface area contributed by atoms with Crippen LogP contribution in [0.25, 0.3) is 0 Å². The molecule has 5 nitrogen and oxygen atoms in total. The van der Waals surface area contributed by atoms with Crippen LogP contribution in [-0.4, -0.2) is 28.0 Å². The molecule has 0 atom stereocenters. The topological polar surface area (TPSA) is 59.3 Å². The number of hydrogen-bond acceptors (Lipinski definition) is 4. The van der Waals surface area contributed by atoms with Gasteiger partial charge in [-0.15, -0.1) is 0 Å². The summed E-state index contributed by atoms with van der Waals surface area (Å²) in [6.07, 6.45) is 2.85. The van der Waals surface area contributed by atoms with Crippen LogP contribution in [0.15, 0.2) is 30.5 Å². The number of aromatic nitrogens is 2. The Morgan fingerprint density at radius 1 is 1.35 bits per heavy atom. The summed E-state index contributed by atoms with van der Waals surface area (Å²) in [6.45, 7) is 4.05. The summed E-state index contributed by atoms with van der Waals surface area (Å²) in [7, 11) is 1.92. The van der Waals surface area contributed by atoms with Gasteiger partial charge in [-0.2, -0.15) is 5.10 Å². The molecule has 108 valence electrons. The molecular formula is C15H21N3O2. The Labute approximate surface area is 119 Å². The standard InChI is InChI=1S/C15H21N3O2/c1-3-20-15-10-12(4-5-14(15)19)11-16-8-6-13-7-9-18(2)17-13/h4-5,7,9-10,16,19H,3,6,8,11H2,1-2H3. The lowest BCUT2D eigenvalue weighted by Crippen LogP contribution is -2.17. The summed E-state index contributed by atoms with van der Waals surface area (Å²) >= 11 is 0. The average Bonchev–Trinajstić information content (AvgIpc) is 2.84. The van der Waals surface area contributed by atoms with Crippen molar-refractivity contribution in [2.45, 2.75) is 19.9 Å². The van der Waals surface area contributed by atoms with Gasteiger partial charge in [0.15, 0.2) is 11.5 Å². The number of phenolic OH excluding ortho intramolecular Hbond substituents is 1. The molecule has 0 fully saturated rings. The second-order valence-corrected chi connectivity index (χ2v) is 4.64. The molecule has 2 rings (SSSR count). The van der Waals surface area contributed by atoms with Crippen LogP contribution in [0.5, 0.6) is 11.5 Å². The zero-order chi connectivity index (χ0) is 14.4. The number of nitrogens with zero attached hydrogens (tertiary/aromatic N) is 2. The van der Waals surface area contributed by atoms with Gasteiger partial charge in [-0.25, -0.2) is 0 Å². The number of aryl methyl sites for hydroxylation is 1. The summed E-state index contributed by atoms with van der Waals surface area (Å²) in [4.78, 5) is 0. The molecule has 0 saturated carbocycles. The van der Waals surface area contributed by atoms with Gasteiger partial charge in [0.05, 0.1) is 12.3 Å². The Balaban J connectivity index is 1.80. The van der Waals surface area contributed by atoms with Crippen LogP contribution >= 0.6 is 0 Å². The first kappa shape index (κ1) is 14.4. The molecule has 20 heavy (non-hydrogen) atoms. The van der Waals surface area contributed by atoms with E-state index in [0.29, 0.717) is 12.4 Å². The minimum atomic E-state index is 0.184. The number of nitrogens with one attached hydrogen (secondary N) is 1. The van der Waals surface area contributed by atoms with Crippen molar-refractivity contribution in [1.29, 1.82) is 0 Å². The first-order chi connectivity index (χ1) is 9.69. The number of phenols is 1. The predicted octanol–water partition coefficient (Wildman–Crippen LogP) is 1.86. The van der Waals surface area contributed by atoms with Crippen LogP contribution in [0.1, 0.15) is 18.2 Å². The van der Waals surface area contributed by atoms with Crippen LogP contribution in [0.4, 0.5) is 0 Å². The SMILES string of the molecule is CCOc1cc(CNCCc2ccn(C)n2)ccc1O. The molecule has 2 N–H and O–H groups in total. The molecule has 0 aliphatic rings. The predicted molar refractivity (Wildman–Crippen MR) is 77.9 cm³/mol. The van der Waals surface area contributed by atoms with E-state index >= 15 is 0 Å². The van der Waals surface area contributed by atoms with Gasteiger partial charge in [0.25, 0.3) is 0 Å². The van der Waals surface area contributed by atoms with Crippen molar-refractivity contribution in [3.63, 3.8) is 0 Å². The molecule has 1 aromatic carbocycles. The average molecular weight is 275 g/mol. The van der Waals surface area contributed by atoms with Crippen molar-refractivity contribution in [2.75, 3.05) is 13.2 Å². The summed E-state index contributed by atoms with van der Waals surface area (Å²) in [6, 6.07) is 7.45. The maximum Gasteiger partial charge on any atom is 0.161 e. The number of benzene rings is 1. The van der Waals surface area contributed by atoms with Gasteiger partial charge in [-0.05, 0) is 30.7 Å². The monoisotopic (exact) mass is 275 g/mol. The Morgan fingerprint density at radius 2 is 2.20 bits per heavy atom. The fraction of sp³-hybridized carbons (Fsp3) is 0.400. The fourth-order valence-electron chi connectivity index (χ4n) is 1.99. The van der Waals surface area contributed by atoms with E-state index in [4.69, 9.17) is 4.74 Å². The summed E-state index contributed by atoms with van der Waals surface area (Å²) in [5.74, 6) is 0.723. The molecule has 1 heterocycles. The van der Waals surface area contributed by atoms with Gasteiger partial charge in [-0.1, -0.05) is 6.07 Å².